The molecule has 3 aromatic rings. The molecule has 0 aliphatic heterocycles. The molecule has 2 heterocycles. The molecule has 2 N–H and O–H groups in total. The number of nitrogens with zero attached hydrogens (tertiary/aromatic N) is 3. The second-order valence-electron chi connectivity index (χ2n) is 5.85. The van der Waals surface area contributed by atoms with E-state index < -0.39 is 0 Å². The summed E-state index contributed by atoms with van der Waals surface area (Å²) in [5, 5.41) is 5.45. The van der Waals surface area contributed by atoms with Crippen LogP contribution in [-0.2, 0) is 13.5 Å². The van der Waals surface area contributed by atoms with Crippen molar-refractivity contribution in [2.45, 2.75) is 13.3 Å². The molecule has 0 radical (unpaired) electrons. The second-order valence-corrected chi connectivity index (χ2v) is 6.89. The van der Waals surface area contributed by atoms with Crippen LogP contribution < -0.4 is 5.73 Å². The first kappa shape index (κ1) is 16.7. The van der Waals surface area contributed by atoms with Gasteiger partial charge in [-0.15, -0.1) is 11.3 Å². The van der Waals surface area contributed by atoms with Crippen molar-refractivity contribution in [3.63, 3.8) is 0 Å². The summed E-state index contributed by atoms with van der Waals surface area (Å²) in [4.78, 5) is 16.5. The van der Waals surface area contributed by atoms with Crippen LogP contribution in [0.15, 0.2) is 36.4 Å². The summed E-state index contributed by atoms with van der Waals surface area (Å²) < 4.78 is 1.84. The highest BCUT2D eigenvalue weighted by Gasteiger charge is 2.20. The molecule has 24 heavy (non-hydrogen) atoms. The third-order valence-electron chi connectivity index (χ3n) is 4.11. The Kier molecular flexibility index (Phi) is 4.97. The number of thiophene rings is 1. The summed E-state index contributed by atoms with van der Waals surface area (Å²) in [6.07, 6.45) is 0.831. The monoisotopic (exact) mass is 342 g/mol. The molecule has 1 aromatic carbocycles. The Balaban J connectivity index is 1.78. The fourth-order valence-electron chi connectivity index (χ4n) is 2.85. The van der Waals surface area contributed by atoms with Crippen molar-refractivity contribution >= 4 is 27.5 Å². The number of hydrogen-bond acceptors (Lipinski definition) is 4. The van der Waals surface area contributed by atoms with E-state index in [9.17, 15) is 4.79 Å². The number of nitrogens with two attached hydrogens (primary N) is 1. The molecule has 0 aliphatic carbocycles. The van der Waals surface area contributed by atoms with Gasteiger partial charge in [-0.2, -0.15) is 5.10 Å². The van der Waals surface area contributed by atoms with Gasteiger partial charge in [-0.3, -0.25) is 9.48 Å². The molecule has 0 unspecified atom stereocenters. The highest BCUT2D eigenvalue weighted by molar-refractivity contribution is 7.20. The smallest absolute Gasteiger partial charge is 0.264 e. The lowest BCUT2D eigenvalue weighted by Gasteiger charge is -2.21. The third kappa shape index (κ3) is 3.34. The summed E-state index contributed by atoms with van der Waals surface area (Å²) in [7, 11) is 1.91. The van der Waals surface area contributed by atoms with Gasteiger partial charge in [0.1, 0.15) is 4.83 Å². The fourth-order valence-corrected chi connectivity index (χ4v) is 3.94. The Morgan fingerprint density at radius 3 is 2.71 bits per heavy atom. The zero-order valence-electron chi connectivity index (χ0n) is 14.0. The molecular formula is C18H22N4OS. The number of hydrogen-bond donors (Lipinski definition) is 1. The maximum Gasteiger partial charge on any atom is 0.264 e. The molecule has 1 amide bonds. The molecule has 0 atom stereocenters. The molecule has 0 saturated heterocycles. The highest BCUT2D eigenvalue weighted by Crippen LogP contribution is 2.28. The summed E-state index contributed by atoms with van der Waals surface area (Å²) in [6, 6.07) is 12.2. The van der Waals surface area contributed by atoms with E-state index >= 15 is 0 Å². The largest absolute Gasteiger partial charge is 0.336 e. The van der Waals surface area contributed by atoms with Crippen molar-refractivity contribution in [2.75, 3.05) is 19.6 Å². The van der Waals surface area contributed by atoms with E-state index in [1.54, 1.807) is 0 Å². The van der Waals surface area contributed by atoms with Crippen molar-refractivity contribution < 1.29 is 4.79 Å². The van der Waals surface area contributed by atoms with Gasteiger partial charge in [-0.1, -0.05) is 30.3 Å². The molecule has 3 rings (SSSR count). The first-order valence-corrected chi connectivity index (χ1v) is 8.88. The van der Waals surface area contributed by atoms with Crippen molar-refractivity contribution in [1.29, 1.82) is 0 Å². The average Bonchev–Trinajstić information content (AvgIpc) is 3.14. The number of aromatic nitrogens is 2. The van der Waals surface area contributed by atoms with Crippen molar-refractivity contribution in [1.82, 2.24) is 14.7 Å². The van der Waals surface area contributed by atoms with E-state index in [1.807, 2.05) is 47.8 Å². The Morgan fingerprint density at radius 1 is 1.29 bits per heavy atom. The van der Waals surface area contributed by atoms with Gasteiger partial charge < -0.3 is 10.6 Å². The zero-order chi connectivity index (χ0) is 17.1. The van der Waals surface area contributed by atoms with Crippen LogP contribution in [0.4, 0.5) is 0 Å². The number of benzene rings is 1. The molecule has 0 spiro atoms. The van der Waals surface area contributed by atoms with Crippen LogP contribution in [0.5, 0.6) is 0 Å². The second kappa shape index (κ2) is 7.15. The number of carbonyl (C=O) groups is 1. The van der Waals surface area contributed by atoms with Gasteiger partial charge in [-0.25, -0.2) is 0 Å². The van der Waals surface area contributed by atoms with E-state index in [1.165, 1.54) is 16.9 Å². The third-order valence-corrected chi connectivity index (χ3v) is 5.30. The van der Waals surface area contributed by atoms with E-state index in [4.69, 9.17) is 5.73 Å². The number of fused-ring (bicyclic) bond motifs is 1. The lowest BCUT2D eigenvalue weighted by molar-refractivity contribution is 0.0767. The van der Waals surface area contributed by atoms with Gasteiger partial charge in [0.15, 0.2) is 0 Å². The minimum atomic E-state index is 0.0528. The van der Waals surface area contributed by atoms with E-state index in [-0.39, 0.29) is 5.91 Å². The molecular weight excluding hydrogens is 320 g/mol. The van der Waals surface area contributed by atoms with Crippen molar-refractivity contribution in [3.05, 3.63) is 52.5 Å². The molecule has 126 valence electrons. The molecule has 0 saturated carbocycles. The van der Waals surface area contributed by atoms with Crippen LogP contribution in [-0.4, -0.2) is 40.2 Å². The van der Waals surface area contributed by atoms with Crippen LogP contribution >= 0.6 is 11.3 Å². The fraction of sp³-hybridized carbons (Fsp3) is 0.333. The van der Waals surface area contributed by atoms with Gasteiger partial charge in [0.2, 0.25) is 0 Å². The molecule has 0 aliphatic rings. The number of carbonyl (C=O) groups excluding carboxylic acids is 1. The first-order valence-electron chi connectivity index (χ1n) is 8.06. The van der Waals surface area contributed by atoms with E-state index in [0.717, 1.165) is 27.2 Å². The molecule has 0 fully saturated rings. The topological polar surface area (TPSA) is 64.2 Å². The summed E-state index contributed by atoms with van der Waals surface area (Å²) >= 11 is 1.50. The Morgan fingerprint density at radius 2 is 2.04 bits per heavy atom. The summed E-state index contributed by atoms with van der Waals surface area (Å²) in [6.45, 7) is 3.67. The Labute approximate surface area is 145 Å². The maximum absolute atomic E-state index is 12.9. The average molecular weight is 342 g/mol. The molecule has 0 bridgehead atoms. The van der Waals surface area contributed by atoms with Crippen molar-refractivity contribution in [3.8, 4) is 0 Å². The van der Waals surface area contributed by atoms with Gasteiger partial charge in [0, 0.05) is 32.1 Å². The van der Waals surface area contributed by atoms with E-state index in [0.29, 0.717) is 19.6 Å². The lowest BCUT2D eigenvalue weighted by atomic mass is 10.1. The summed E-state index contributed by atoms with van der Waals surface area (Å²) in [5.74, 6) is 0.0528. The minimum Gasteiger partial charge on any atom is -0.336 e. The van der Waals surface area contributed by atoms with E-state index in [2.05, 4.69) is 17.2 Å². The Hall–Kier alpha value is -2.18. The lowest BCUT2D eigenvalue weighted by Crippen LogP contribution is -2.36. The van der Waals surface area contributed by atoms with Gasteiger partial charge >= 0.3 is 0 Å². The van der Waals surface area contributed by atoms with Crippen LogP contribution in [0.3, 0.4) is 0 Å². The number of aryl methyl sites for hydroxylation is 2. The van der Waals surface area contributed by atoms with Crippen LogP contribution in [0.25, 0.3) is 10.2 Å². The predicted molar refractivity (Wildman–Crippen MR) is 98.4 cm³/mol. The normalized spacial score (nSPS) is 11.1. The number of amides is 1. The Bertz CT molecular complexity index is 803. The molecule has 2 aromatic heterocycles. The van der Waals surface area contributed by atoms with Crippen LogP contribution in [0.2, 0.25) is 0 Å². The van der Waals surface area contributed by atoms with Crippen LogP contribution in [0.1, 0.15) is 20.9 Å². The van der Waals surface area contributed by atoms with Gasteiger partial charge in [-0.05, 0) is 25.0 Å². The van der Waals surface area contributed by atoms with Gasteiger partial charge in [0.05, 0.1) is 10.6 Å². The maximum atomic E-state index is 12.9. The minimum absolute atomic E-state index is 0.0528. The quantitative estimate of drug-likeness (QED) is 0.749. The molecule has 6 heteroatoms. The predicted octanol–water partition coefficient (Wildman–Crippen LogP) is 2.59. The standard InChI is InChI=1S/C18H22N4OS/c1-13-15-12-16(24-18(15)21(2)20-13)17(23)22(11-9-19)10-8-14-6-4-3-5-7-14/h3-7,12H,8-11,19H2,1-2H3. The highest BCUT2D eigenvalue weighted by atomic mass is 32.1. The number of rotatable bonds is 6. The van der Waals surface area contributed by atoms with Gasteiger partial charge in [0.25, 0.3) is 5.91 Å². The van der Waals surface area contributed by atoms with Crippen molar-refractivity contribution in [2.24, 2.45) is 12.8 Å². The molecule has 5 nitrogen and oxygen atoms in total. The SMILES string of the molecule is Cc1nn(C)c2sc(C(=O)N(CCN)CCc3ccccc3)cc12. The first-order chi connectivity index (χ1) is 11.6. The van der Waals surface area contributed by atoms with Crippen LogP contribution in [0, 0.1) is 6.92 Å². The summed E-state index contributed by atoms with van der Waals surface area (Å²) in [5.41, 5.74) is 7.89. The zero-order valence-corrected chi connectivity index (χ0v) is 14.8.